The lowest BCUT2D eigenvalue weighted by Gasteiger charge is -2.23. The van der Waals surface area contributed by atoms with Gasteiger partial charge in [-0.2, -0.15) is 0 Å². The zero-order valence-electron chi connectivity index (χ0n) is 13.4. The van der Waals surface area contributed by atoms with Gasteiger partial charge in [-0.15, -0.1) is 0 Å². The summed E-state index contributed by atoms with van der Waals surface area (Å²) < 4.78 is 6.02. The van der Waals surface area contributed by atoms with Crippen LogP contribution in [0.25, 0.3) is 0 Å². The molecule has 0 radical (unpaired) electrons. The molecule has 112 valence electrons. The number of anilines is 1. The monoisotopic (exact) mass is 283 g/mol. The number of nitrogens with two attached hydrogens (primary N) is 1. The number of hydrogen-bond acceptors (Lipinski definition) is 2. The van der Waals surface area contributed by atoms with E-state index in [1.165, 1.54) is 16.7 Å². The van der Waals surface area contributed by atoms with E-state index < -0.39 is 0 Å². The number of ether oxygens (including phenoxy) is 1. The highest BCUT2D eigenvalue weighted by atomic mass is 16.5. The SMILES string of the molecule is Cc1ccc(OCCc2ccc(N)cc2)c(C(C)(C)C)c1. The van der Waals surface area contributed by atoms with E-state index in [-0.39, 0.29) is 5.41 Å². The second-order valence-corrected chi connectivity index (χ2v) is 6.59. The Balaban J connectivity index is 2.05. The molecule has 2 nitrogen and oxygen atoms in total. The van der Waals surface area contributed by atoms with E-state index in [0.29, 0.717) is 6.61 Å². The summed E-state index contributed by atoms with van der Waals surface area (Å²) in [7, 11) is 0. The van der Waals surface area contributed by atoms with Gasteiger partial charge in [-0.05, 0) is 41.7 Å². The summed E-state index contributed by atoms with van der Waals surface area (Å²) in [6, 6.07) is 14.4. The fraction of sp³-hybridized carbons (Fsp3) is 0.368. The van der Waals surface area contributed by atoms with Crippen molar-refractivity contribution >= 4 is 5.69 Å². The summed E-state index contributed by atoms with van der Waals surface area (Å²) in [5, 5.41) is 0. The van der Waals surface area contributed by atoms with Crippen molar-refractivity contribution < 1.29 is 4.74 Å². The summed E-state index contributed by atoms with van der Waals surface area (Å²) in [6.45, 7) is 9.45. The Morgan fingerprint density at radius 1 is 1.00 bits per heavy atom. The molecule has 0 spiro atoms. The predicted molar refractivity (Wildman–Crippen MR) is 89.9 cm³/mol. The maximum atomic E-state index is 6.02. The van der Waals surface area contributed by atoms with Crippen molar-refractivity contribution in [3.63, 3.8) is 0 Å². The topological polar surface area (TPSA) is 35.2 Å². The molecule has 0 saturated carbocycles. The van der Waals surface area contributed by atoms with Crippen LogP contribution in [0, 0.1) is 6.92 Å². The third-order valence-electron chi connectivity index (χ3n) is 3.57. The quantitative estimate of drug-likeness (QED) is 0.839. The van der Waals surface area contributed by atoms with Crippen molar-refractivity contribution in [3.8, 4) is 5.75 Å². The highest BCUT2D eigenvalue weighted by Crippen LogP contribution is 2.32. The first-order valence-electron chi connectivity index (χ1n) is 7.44. The van der Waals surface area contributed by atoms with Gasteiger partial charge in [0, 0.05) is 12.1 Å². The third-order valence-corrected chi connectivity index (χ3v) is 3.57. The van der Waals surface area contributed by atoms with Gasteiger partial charge < -0.3 is 10.5 Å². The van der Waals surface area contributed by atoms with Crippen LogP contribution in [0.2, 0.25) is 0 Å². The number of nitrogen functional groups attached to an aromatic ring is 1. The zero-order chi connectivity index (χ0) is 15.5. The van der Waals surface area contributed by atoms with Crippen molar-refractivity contribution in [3.05, 3.63) is 59.2 Å². The largest absolute Gasteiger partial charge is 0.493 e. The van der Waals surface area contributed by atoms with Crippen LogP contribution < -0.4 is 10.5 Å². The van der Waals surface area contributed by atoms with Gasteiger partial charge in [-0.1, -0.05) is 50.6 Å². The van der Waals surface area contributed by atoms with Crippen molar-refractivity contribution in [2.45, 2.75) is 39.5 Å². The molecule has 2 N–H and O–H groups in total. The maximum absolute atomic E-state index is 6.02. The van der Waals surface area contributed by atoms with Crippen LogP contribution in [0.3, 0.4) is 0 Å². The van der Waals surface area contributed by atoms with Crippen molar-refractivity contribution in [1.82, 2.24) is 0 Å². The van der Waals surface area contributed by atoms with Gasteiger partial charge in [-0.3, -0.25) is 0 Å². The van der Waals surface area contributed by atoms with Gasteiger partial charge in [0.1, 0.15) is 5.75 Å². The molecule has 0 amide bonds. The van der Waals surface area contributed by atoms with Crippen LogP contribution in [-0.2, 0) is 11.8 Å². The molecule has 0 heterocycles. The van der Waals surface area contributed by atoms with Crippen LogP contribution in [0.5, 0.6) is 5.75 Å². The average molecular weight is 283 g/mol. The van der Waals surface area contributed by atoms with Crippen molar-refractivity contribution in [2.75, 3.05) is 12.3 Å². The average Bonchev–Trinajstić information content (AvgIpc) is 2.41. The Morgan fingerprint density at radius 2 is 1.67 bits per heavy atom. The molecule has 2 aromatic rings. The Bertz CT molecular complexity index is 594. The van der Waals surface area contributed by atoms with Crippen LogP contribution in [0.15, 0.2) is 42.5 Å². The van der Waals surface area contributed by atoms with E-state index in [1.54, 1.807) is 0 Å². The molecule has 0 aliphatic carbocycles. The van der Waals surface area contributed by atoms with Crippen LogP contribution >= 0.6 is 0 Å². The smallest absolute Gasteiger partial charge is 0.123 e. The van der Waals surface area contributed by atoms with E-state index in [2.05, 4.69) is 58.0 Å². The molecular weight excluding hydrogens is 258 g/mol. The number of aryl methyl sites for hydroxylation is 1. The molecule has 0 aliphatic rings. The first-order chi connectivity index (χ1) is 9.86. The number of benzene rings is 2. The first kappa shape index (κ1) is 15.4. The molecule has 0 fully saturated rings. The van der Waals surface area contributed by atoms with Gasteiger partial charge in [0.2, 0.25) is 0 Å². The predicted octanol–water partition coefficient (Wildman–Crippen LogP) is 4.50. The standard InChI is InChI=1S/C19H25NO/c1-14-5-10-18(17(13-14)19(2,3)4)21-12-11-15-6-8-16(20)9-7-15/h5-10,13H,11-12,20H2,1-4H3. The second kappa shape index (κ2) is 6.21. The molecule has 2 rings (SSSR count). The van der Waals surface area contributed by atoms with Crippen molar-refractivity contribution in [1.29, 1.82) is 0 Å². The summed E-state index contributed by atoms with van der Waals surface area (Å²) in [5.41, 5.74) is 10.4. The van der Waals surface area contributed by atoms with E-state index >= 15 is 0 Å². The molecule has 2 aromatic carbocycles. The van der Waals surface area contributed by atoms with E-state index in [4.69, 9.17) is 10.5 Å². The lowest BCUT2D eigenvalue weighted by molar-refractivity contribution is 0.313. The summed E-state index contributed by atoms with van der Waals surface area (Å²) >= 11 is 0. The molecule has 21 heavy (non-hydrogen) atoms. The molecule has 0 atom stereocenters. The van der Waals surface area contributed by atoms with E-state index in [0.717, 1.165) is 17.9 Å². The highest BCUT2D eigenvalue weighted by molar-refractivity contribution is 5.41. The summed E-state index contributed by atoms with van der Waals surface area (Å²) in [5.74, 6) is 0.989. The van der Waals surface area contributed by atoms with Gasteiger partial charge in [0.25, 0.3) is 0 Å². The van der Waals surface area contributed by atoms with E-state index in [1.807, 2.05) is 12.1 Å². The molecule has 0 aliphatic heterocycles. The molecule has 0 bridgehead atoms. The minimum Gasteiger partial charge on any atom is -0.493 e. The number of rotatable bonds is 4. The molecule has 0 saturated heterocycles. The maximum Gasteiger partial charge on any atom is 0.123 e. The highest BCUT2D eigenvalue weighted by Gasteiger charge is 2.19. The van der Waals surface area contributed by atoms with Crippen LogP contribution in [0.1, 0.15) is 37.5 Å². The Labute approximate surface area is 127 Å². The lowest BCUT2D eigenvalue weighted by atomic mass is 9.85. The first-order valence-corrected chi connectivity index (χ1v) is 7.44. The fourth-order valence-corrected chi connectivity index (χ4v) is 2.32. The summed E-state index contributed by atoms with van der Waals surface area (Å²) in [6.07, 6.45) is 0.887. The van der Waals surface area contributed by atoms with E-state index in [9.17, 15) is 0 Å². The minimum absolute atomic E-state index is 0.0859. The lowest BCUT2D eigenvalue weighted by Crippen LogP contribution is -2.14. The molecule has 2 heteroatoms. The Morgan fingerprint density at radius 3 is 2.29 bits per heavy atom. The molecule has 0 aromatic heterocycles. The van der Waals surface area contributed by atoms with Gasteiger partial charge >= 0.3 is 0 Å². The Hall–Kier alpha value is -1.96. The second-order valence-electron chi connectivity index (χ2n) is 6.59. The van der Waals surface area contributed by atoms with Crippen LogP contribution in [-0.4, -0.2) is 6.61 Å². The summed E-state index contributed by atoms with van der Waals surface area (Å²) in [4.78, 5) is 0. The van der Waals surface area contributed by atoms with Crippen LogP contribution in [0.4, 0.5) is 5.69 Å². The normalized spacial score (nSPS) is 11.4. The van der Waals surface area contributed by atoms with Crippen molar-refractivity contribution in [2.24, 2.45) is 0 Å². The number of hydrogen-bond donors (Lipinski definition) is 1. The Kier molecular flexibility index (Phi) is 4.56. The molecule has 0 unspecified atom stereocenters. The zero-order valence-corrected chi connectivity index (χ0v) is 13.4. The van der Waals surface area contributed by atoms with Gasteiger partial charge in [-0.25, -0.2) is 0 Å². The van der Waals surface area contributed by atoms with Gasteiger partial charge in [0.05, 0.1) is 6.61 Å². The minimum atomic E-state index is 0.0859. The molecular formula is C19H25NO. The fourth-order valence-electron chi connectivity index (χ4n) is 2.32. The van der Waals surface area contributed by atoms with Gasteiger partial charge in [0.15, 0.2) is 0 Å². The third kappa shape index (κ3) is 4.25.